The summed E-state index contributed by atoms with van der Waals surface area (Å²) in [4.78, 5) is 26.6. The maximum atomic E-state index is 13.0. The highest BCUT2D eigenvalue weighted by molar-refractivity contribution is 6.31. The molecule has 0 saturated heterocycles. The van der Waals surface area contributed by atoms with Crippen molar-refractivity contribution in [2.75, 3.05) is 11.9 Å². The highest BCUT2D eigenvalue weighted by Gasteiger charge is 2.18. The average Bonchev–Trinajstić information content (AvgIpc) is 3.05. The summed E-state index contributed by atoms with van der Waals surface area (Å²) in [6.07, 6.45) is 12.8. The van der Waals surface area contributed by atoms with Gasteiger partial charge in [-0.25, -0.2) is 9.97 Å². The number of allylic oxidation sites excluding steroid dienone is 4. The number of anilines is 1. The predicted octanol–water partition coefficient (Wildman–Crippen LogP) is 5.69. The number of hydrogen-bond donors (Lipinski definition) is 2. The molecule has 1 aromatic carbocycles. The van der Waals surface area contributed by atoms with E-state index in [2.05, 4.69) is 29.5 Å². The van der Waals surface area contributed by atoms with Crippen LogP contribution in [0.1, 0.15) is 26.7 Å². The smallest absolute Gasteiger partial charge is 0.253 e. The van der Waals surface area contributed by atoms with Crippen molar-refractivity contribution < 1.29 is 4.79 Å². The first-order chi connectivity index (χ1) is 16.0. The van der Waals surface area contributed by atoms with Crippen LogP contribution >= 0.6 is 11.6 Å². The van der Waals surface area contributed by atoms with Gasteiger partial charge in [0, 0.05) is 34.9 Å². The summed E-state index contributed by atoms with van der Waals surface area (Å²) in [5, 5.41) is 7.77. The van der Waals surface area contributed by atoms with E-state index in [1.54, 1.807) is 18.5 Å². The Kier molecular flexibility index (Phi) is 7.15. The minimum absolute atomic E-state index is 0.109. The third-order valence-electron chi connectivity index (χ3n) is 5.23. The Morgan fingerprint density at radius 2 is 2.09 bits per heavy atom. The van der Waals surface area contributed by atoms with Gasteiger partial charge < -0.3 is 10.6 Å². The van der Waals surface area contributed by atoms with Crippen LogP contribution in [0, 0.1) is 5.92 Å². The van der Waals surface area contributed by atoms with Crippen molar-refractivity contribution in [3.63, 3.8) is 0 Å². The van der Waals surface area contributed by atoms with E-state index in [1.807, 2.05) is 48.6 Å². The van der Waals surface area contributed by atoms with E-state index in [0.717, 1.165) is 22.9 Å². The number of pyridine rings is 1. The molecule has 0 aliphatic heterocycles. The SMILES string of the molecule is CC(C)CCNC(=O)C1=CCC=CC=C1Nc1nc(-c2cccnc2)nc2ccc(Cl)cc12. The lowest BCUT2D eigenvalue weighted by Crippen LogP contribution is -2.28. The molecule has 0 unspecified atom stereocenters. The van der Waals surface area contributed by atoms with Crippen molar-refractivity contribution in [1.82, 2.24) is 20.3 Å². The number of carbonyl (C=O) groups excluding carboxylic acids is 1. The predicted molar refractivity (Wildman–Crippen MR) is 134 cm³/mol. The molecule has 2 heterocycles. The maximum Gasteiger partial charge on any atom is 0.253 e. The van der Waals surface area contributed by atoms with Crippen LogP contribution in [-0.4, -0.2) is 27.4 Å². The summed E-state index contributed by atoms with van der Waals surface area (Å²) in [5.74, 6) is 1.52. The third kappa shape index (κ3) is 5.65. The van der Waals surface area contributed by atoms with Crippen LogP contribution in [0.2, 0.25) is 5.02 Å². The van der Waals surface area contributed by atoms with E-state index in [9.17, 15) is 4.79 Å². The second-order valence-electron chi connectivity index (χ2n) is 8.22. The topological polar surface area (TPSA) is 79.8 Å². The minimum atomic E-state index is -0.109. The Bertz CT molecular complexity index is 1250. The molecule has 4 rings (SSSR count). The van der Waals surface area contributed by atoms with E-state index < -0.39 is 0 Å². The highest BCUT2D eigenvalue weighted by Crippen LogP contribution is 2.29. The molecular weight excluding hydrogens is 434 g/mol. The fourth-order valence-corrected chi connectivity index (χ4v) is 3.64. The van der Waals surface area contributed by atoms with Gasteiger partial charge in [0.1, 0.15) is 5.82 Å². The first-order valence-electron chi connectivity index (χ1n) is 11.0. The van der Waals surface area contributed by atoms with Crippen molar-refractivity contribution in [1.29, 1.82) is 0 Å². The van der Waals surface area contributed by atoms with Gasteiger partial charge in [-0.15, -0.1) is 0 Å². The minimum Gasteiger partial charge on any atom is -0.352 e. The van der Waals surface area contributed by atoms with Gasteiger partial charge in [-0.2, -0.15) is 0 Å². The van der Waals surface area contributed by atoms with Gasteiger partial charge in [0.05, 0.1) is 16.8 Å². The molecule has 168 valence electrons. The first-order valence-corrected chi connectivity index (χ1v) is 11.4. The van der Waals surface area contributed by atoms with Crippen LogP contribution in [0.4, 0.5) is 5.82 Å². The largest absolute Gasteiger partial charge is 0.352 e. The number of benzene rings is 1. The van der Waals surface area contributed by atoms with Gasteiger partial charge in [0.25, 0.3) is 5.91 Å². The monoisotopic (exact) mass is 459 g/mol. The number of amides is 1. The van der Waals surface area contributed by atoms with Crippen molar-refractivity contribution in [3.05, 3.63) is 83.3 Å². The molecule has 2 aromatic heterocycles. The van der Waals surface area contributed by atoms with Crippen molar-refractivity contribution >= 4 is 34.2 Å². The average molecular weight is 460 g/mol. The molecule has 1 amide bonds. The van der Waals surface area contributed by atoms with Crippen molar-refractivity contribution in [3.8, 4) is 11.4 Å². The molecular formula is C26H26ClN5O. The molecule has 2 N–H and O–H groups in total. The fraction of sp³-hybridized carbons (Fsp3) is 0.231. The number of carbonyl (C=O) groups is 1. The normalized spacial score (nSPS) is 13.5. The molecule has 6 nitrogen and oxygen atoms in total. The lowest BCUT2D eigenvalue weighted by atomic mass is 10.1. The van der Waals surface area contributed by atoms with Gasteiger partial charge in [-0.1, -0.05) is 43.7 Å². The number of rotatable bonds is 7. The summed E-state index contributed by atoms with van der Waals surface area (Å²) >= 11 is 6.28. The van der Waals surface area contributed by atoms with Crippen molar-refractivity contribution in [2.24, 2.45) is 5.92 Å². The Balaban J connectivity index is 1.71. The molecule has 0 atom stereocenters. The van der Waals surface area contributed by atoms with Crippen LogP contribution in [0.5, 0.6) is 0 Å². The lowest BCUT2D eigenvalue weighted by molar-refractivity contribution is -0.117. The number of fused-ring (bicyclic) bond motifs is 1. The summed E-state index contributed by atoms with van der Waals surface area (Å²) in [6, 6.07) is 9.25. The van der Waals surface area contributed by atoms with Crippen LogP contribution in [-0.2, 0) is 4.79 Å². The summed E-state index contributed by atoms with van der Waals surface area (Å²) in [5.41, 5.74) is 2.80. The number of hydrogen-bond acceptors (Lipinski definition) is 5. The second kappa shape index (κ2) is 10.4. The fourth-order valence-electron chi connectivity index (χ4n) is 3.47. The van der Waals surface area contributed by atoms with Crippen LogP contribution < -0.4 is 10.6 Å². The second-order valence-corrected chi connectivity index (χ2v) is 8.66. The van der Waals surface area contributed by atoms with E-state index in [4.69, 9.17) is 21.6 Å². The molecule has 1 aliphatic carbocycles. The Morgan fingerprint density at radius 3 is 2.88 bits per heavy atom. The highest BCUT2D eigenvalue weighted by atomic mass is 35.5. The van der Waals surface area contributed by atoms with Crippen molar-refractivity contribution in [2.45, 2.75) is 26.7 Å². The molecule has 0 fully saturated rings. The maximum absolute atomic E-state index is 13.0. The van der Waals surface area contributed by atoms with E-state index >= 15 is 0 Å². The molecule has 7 heteroatoms. The Hall–Kier alpha value is -3.51. The molecule has 33 heavy (non-hydrogen) atoms. The van der Waals surface area contributed by atoms with Gasteiger partial charge in [0.2, 0.25) is 0 Å². The zero-order valence-electron chi connectivity index (χ0n) is 18.7. The Morgan fingerprint density at radius 1 is 1.21 bits per heavy atom. The van der Waals surface area contributed by atoms with E-state index in [-0.39, 0.29) is 5.91 Å². The number of nitrogens with zero attached hydrogens (tertiary/aromatic N) is 3. The van der Waals surface area contributed by atoms with Crippen LogP contribution in [0.3, 0.4) is 0 Å². The van der Waals surface area contributed by atoms with Gasteiger partial charge in [-0.3, -0.25) is 9.78 Å². The van der Waals surface area contributed by atoms with Gasteiger partial charge >= 0.3 is 0 Å². The zero-order chi connectivity index (χ0) is 23.2. The molecule has 0 spiro atoms. The molecule has 0 bridgehead atoms. The first kappa shape index (κ1) is 22.7. The number of halogens is 1. The zero-order valence-corrected chi connectivity index (χ0v) is 19.4. The van der Waals surface area contributed by atoms with Crippen LogP contribution in [0.15, 0.2) is 78.3 Å². The number of aromatic nitrogens is 3. The van der Waals surface area contributed by atoms with E-state index in [0.29, 0.717) is 46.8 Å². The molecule has 0 radical (unpaired) electrons. The van der Waals surface area contributed by atoms with Crippen LogP contribution in [0.25, 0.3) is 22.3 Å². The summed E-state index contributed by atoms with van der Waals surface area (Å²) < 4.78 is 0. The van der Waals surface area contributed by atoms with Gasteiger partial charge in [0.15, 0.2) is 5.82 Å². The lowest BCUT2D eigenvalue weighted by Gasteiger charge is -2.16. The molecule has 3 aromatic rings. The molecule has 1 aliphatic rings. The summed E-state index contributed by atoms with van der Waals surface area (Å²) in [6.45, 7) is 4.91. The number of nitrogens with one attached hydrogen (secondary N) is 2. The standard InChI is InChI=1S/C26H26ClN5O/c1-17(2)12-14-29-26(33)20-8-4-3-5-9-22(20)31-25-21-15-19(27)10-11-23(21)30-24(32-25)18-7-6-13-28-16-18/h3,5-11,13,15-17H,4,12,14H2,1-2H3,(H,29,33)(H,30,31,32). The summed E-state index contributed by atoms with van der Waals surface area (Å²) in [7, 11) is 0. The van der Waals surface area contributed by atoms with E-state index in [1.165, 1.54) is 0 Å². The molecule has 0 saturated carbocycles. The van der Waals surface area contributed by atoms with Gasteiger partial charge in [-0.05, 0) is 55.2 Å². The quantitative estimate of drug-likeness (QED) is 0.474. The third-order valence-corrected chi connectivity index (χ3v) is 5.46. The Labute approximate surface area is 198 Å².